The van der Waals surface area contributed by atoms with Gasteiger partial charge in [-0.1, -0.05) is 6.92 Å². The summed E-state index contributed by atoms with van der Waals surface area (Å²) in [5, 5.41) is 3.35. The van der Waals surface area contributed by atoms with Crippen molar-refractivity contribution in [1.29, 1.82) is 0 Å². The first-order valence-electron chi connectivity index (χ1n) is 5.71. The molecule has 3 N–H and O–H groups in total. The van der Waals surface area contributed by atoms with Gasteiger partial charge in [0.25, 0.3) is 0 Å². The molecule has 1 fully saturated rings. The van der Waals surface area contributed by atoms with Crippen LogP contribution in [0.3, 0.4) is 0 Å². The molecule has 0 aliphatic carbocycles. The molecule has 1 aliphatic heterocycles. The van der Waals surface area contributed by atoms with Gasteiger partial charge in [0.05, 0.1) is 0 Å². The first-order chi connectivity index (χ1) is 7.68. The van der Waals surface area contributed by atoms with Crippen LogP contribution in [0.25, 0.3) is 0 Å². The van der Waals surface area contributed by atoms with E-state index in [2.05, 4.69) is 17.2 Å². The van der Waals surface area contributed by atoms with Gasteiger partial charge < -0.3 is 15.8 Å². The average Bonchev–Trinajstić information content (AvgIpc) is 2.28. The molecule has 0 radical (unpaired) electrons. The van der Waals surface area contributed by atoms with E-state index in [4.69, 9.17) is 10.5 Å². The molecule has 16 heavy (non-hydrogen) atoms. The summed E-state index contributed by atoms with van der Waals surface area (Å²) in [6.45, 7) is 4.94. The van der Waals surface area contributed by atoms with Gasteiger partial charge in [0, 0.05) is 37.7 Å². The maximum atomic E-state index is 5.70. The van der Waals surface area contributed by atoms with Crippen LogP contribution >= 0.6 is 0 Å². The van der Waals surface area contributed by atoms with E-state index in [1.807, 2.05) is 6.07 Å². The fourth-order valence-electron chi connectivity index (χ4n) is 1.89. The van der Waals surface area contributed by atoms with Crippen LogP contribution < -0.4 is 11.1 Å². The van der Waals surface area contributed by atoms with Crippen molar-refractivity contribution < 1.29 is 4.74 Å². The summed E-state index contributed by atoms with van der Waals surface area (Å²) >= 11 is 0. The lowest BCUT2D eigenvalue weighted by atomic mass is 9.82. The van der Waals surface area contributed by atoms with Crippen LogP contribution in [0.1, 0.15) is 19.8 Å². The fraction of sp³-hybridized carbons (Fsp3) is 0.583. The lowest BCUT2D eigenvalue weighted by molar-refractivity contribution is 0.0300. The van der Waals surface area contributed by atoms with E-state index in [0.717, 1.165) is 44.1 Å². The minimum Gasteiger partial charge on any atom is -0.399 e. The molecule has 0 spiro atoms. The second-order valence-corrected chi connectivity index (χ2v) is 4.75. The van der Waals surface area contributed by atoms with Crippen LogP contribution in [0.4, 0.5) is 11.5 Å². The normalized spacial score (nSPS) is 19.3. The lowest BCUT2D eigenvalue weighted by Crippen LogP contribution is -2.33. The first kappa shape index (κ1) is 11.2. The van der Waals surface area contributed by atoms with Crippen LogP contribution in [0.5, 0.6) is 0 Å². The fourth-order valence-corrected chi connectivity index (χ4v) is 1.89. The second kappa shape index (κ2) is 4.70. The van der Waals surface area contributed by atoms with Crippen molar-refractivity contribution in [2.45, 2.75) is 19.8 Å². The molecule has 0 bridgehead atoms. The highest BCUT2D eigenvalue weighted by Gasteiger charge is 2.26. The molecule has 0 atom stereocenters. The van der Waals surface area contributed by atoms with Gasteiger partial charge in [0.2, 0.25) is 0 Å². The minimum atomic E-state index is 0.310. The van der Waals surface area contributed by atoms with Gasteiger partial charge in [-0.3, -0.25) is 0 Å². The van der Waals surface area contributed by atoms with Gasteiger partial charge >= 0.3 is 0 Å². The van der Waals surface area contributed by atoms with E-state index in [1.165, 1.54) is 0 Å². The number of hydrogen-bond donors (Lipinski definition) is 2. The number of anilines is 2. The largest absolute Gasteiger partial charge is 0.399 e. The first-order valence-corrected chi connectivity index (χ1v) is 5.71. The number of nitrogens with one attached hydrogen (secondary N) is 1. The standard InChI is InChI=1S/C12H19N3O/c1-12(3-6-16-7-4-12)9-15-11-8-10(13)2-5-14-11/h2,5,8H,3-4,6-7,9H2,1H3,(H3,13,14,15). The predicted octanol–water partition coefficient (Wildman–Crippen LogP) is 1.89. The molecule has 0 unspecified atom stereocenters. The zero-order valence-electron chi connectivity index (χ0n) is 9.70. The third-order valence-corrected chi connectivity index (χ3v) is 3.18. The molecule has 0 saturated carbocycles. The smallest absolute Gasteiger partial charge is 0.127 e. The summed E-state index contributed by atoms with van der Waals surface area (Å²) in [7, 11) is 0. The third-order valence-electron chi connectivity index (χ3n) is 3.18. The molecular weight excluding hydrogens is 202 g/mol. The van der Waals surface area contributed by atoms with E-state index in [9.17, 15) is 0 Å². The molecule has 1 saturated heterocycles. The molecule has 4 nitrogen and oxygen atoms in total. The zero-order valence-corrected chi connectivity index (χ0v) is 9.70. The van der Waals surface area contributed by atoms with Crippen molar-refractivity contribution in [3.8, 4) is 0 Å². The van der Waals surface area contributed by atoms with E-state index in [-0.39, 0.29) is 0 Å². The molecule has 1 aliphatic rings. The lowest BCUT2D eigenvalue weighted by Gasteiger charge is -2.33. The van der Waals surface area contributed by atoms with Gasteiger partial charge in [0.1, 0.15) is 5.82 Å². The molecule has 88 valence electrons. The molecule has 4 heteroatoms. The number of rotatable bonds is 3. The van der Waals surface area contributed by atoms with Gasteiger partial charge in [-0.25, -0.2) is 4.98 Å². The Hall–Kier alpha value is -1.29. The Morgan fingerprint density at radius 1 is 1.50 bits per heavy atom. The highest BCUT2D eigenvalue weighted by atomic mass is 16.5. The average molecular weight is 221 g/mol. The molecular formula is C12H19N3O. The van der Waals surface area contributed by atoms with Crippen molar-refractivity contribution >= 4 is 11.5 Å². The maximum absolute atomic E-state index is 5.70. The number of nitrogen functional groups attached to an aromatic ring is 1. The van der Waals surface area contributed by atoms with Crippen molar-refractivity contribution in [2.24, 2.45) is 5.41 Å². The Morgan fingerprint density at radius 3 is 2.94 bits per heavy atom. The van der Waals surface area contributed by atoms with Crippen LogP contribution in [0, 0.1) is 5.41 Å². The highest BCUT2D eigenvalue weighted by Crippen LogP contribution is 2.29. The molecule has 0 amide bonds. The molecule has 1 aromatic rings. The van der Waals surface area contributed by atoms with E-state index in [1.54, 1.807) is 12.3 Å². The number of ether oxygens (including phenoxy) is 1. The predicted molar refractivity (Wildman–Crippen MR) is 65.3 cm³/mol. The van der Waals surface area contributed by atoms with Gasteiger partial charge in [-0.15, -0.1) is 0 Å². The number of nitrogens with two attached hydrogens (primary N) is 1. The summed E-state index contributed by atoms with van der Waals surface area (Å²) in [6, 6.07) is 3.66. The van der Waals surface area contributed by atoms with Crippen LogP contribution in [0.15, 0.2) is 18.3 Å². The van der Waals surface area contributed by atoms with Crippen LogP contribution in [-0.4, -0.2) is 24.7 Å². The van der Waals surface area contributed by atoms with Crippen molar-refractivity contribution in [3.63, 3.8) is 0 Å². The van der Waals surface area contributed by atoms with Crippen LogP contribution in [0.2, 0.25) is 0 Å². The molecule has 2 heterocycles. The molecule has 2 rings (SSSR count). The third kappa shape index (κ3) is 2.85. The Balaban J connectivity index is 1.91. The van der Waals surface area contributed by atoms with E-state index < -0.39 is 0 Å². The monoisotopic (exact) mass is 221 g/mol. The maximum Gasteiger partial charge on any atom is 0.127 e. The highest BCUT2D eigenvalue weighted by molar-refractivity contribution is 5.48. The molecule has 1 aromatic heterocycles. The summed E-state index contributed by atoms with van der Waals surface area (Å²) in [6.07, 6.45) is 3.93. The zero-order chi connectivity index (χ0) is 11.4. The Bertz CT molecular complexity index is 348. The van der Waals surface area contributed by atoms with Crippen molar-refractivity contribution in [2.75, 3.05) is 30.8 Å². The topological polar surface area (TPSA) is 60.2 Å². The summed E-state index contributed by atoms with van der Waals surface area (Å²) in [4.78, 5) is 4.23. The summed E-state index contributed by atoms with van der Waals surface area (Å²) < 4.78 is 5.37. The van der Waals surface area contributed by atoms with E-state index in [0.29, 0.717) is 5.41 Å². The Kier molecular flexibility index (Phi) is 3.29. The molecule has 0 aromatic carbocycles. The van der Waals surface area contributed by atoms with Crippen LogP contribution in [-0.2, 0) is 4.74 Å². The Morgan fingerprint density at radius 2 is 2.25 bits per heavy atom. The number of pyridine rings is 1. The number of nitrogens with zero attached hydrogens (tertiary/aromatic N) is 1. The van der Waals surface area contributed by atoms with Crippen molar-refractivity contribution in [3.05, 3.63) is 18.3 Å². The van der Waals surface area contributed by atoms with Gasteiger partial charge in [-0.05, 0) is 24.3 Å². The minimum absolute atomic E-state index is 0.310. The van der Waals surface area contributed by atoms with Crippen molar-refractivity contribution in [1.82, 2.24) is 4.98 Å². The van der Waals surface area contributed by atoms with E-state index >= 15 is 0 Å². The number of hydrogen-bond acceptors (Lipinski definition) is 4. The SMILES string of the molecule is CC1(CNc2cc(N)ccn2)CCOCC1. The van der Waals surface area contributed by atoms with Gasteiger partial charge in [0.15, 0.2) is 0 Å². The number of aromatic nitrogens is 1. The second-order valence-electron chi connectivity index (χ2n) is 4.75. The quantitative estimate of drug-likeness (QED) is 0.818. The Labute approximate surface area is 96.2 Å². The van der Waals surface area contributed by atoms with Gasteiger partial charge in [-0.2, -0.15) is 0 Å². The summed E-state index contributed by atoms with van der Waals surface area (Å²) in [5.41, 5.74) is 6.76. The summed E-state index contributed by atoms with van der Waals surface area (Å²) in [5.74, 6) is 0.854.